The molecule has 8 heteroatoms. The molecule has 1 aromatic heterocycles. The standard InChI is InChI=1S/C18H14BrClN2O3S/c19-14-9-5-10-13(17(24)25-15(10)14)12(9)16(23)22-18-21-11(6-26-18)7-1-3-8(20)4-2-7/h1-4,6,9-10,12-15H,5H2,(H,21,22,23)/t9-,10-,12-,13+,14-,15+/m1/s1. The maximum Gasteiger partial charge on any atom is 0.310 e. The highest BCUT2D eigenvalue weighted by molar-refractivity contribution is 9.09. The molecule has 2 heterocycles. The number of nitrogens with one attached hydrogen (secondary N) is 1. The van der Waals surface area contributed by atoms with Gasteiger partial charge in [0.15, 0.2) is 5.13 Å². The molecule has 1 aliphatic heterocycles. The summed E-state index contributed by atoms with van der Waals surface area (Å²) in [6.45, 7) is 0. The number of hydrogen-bond donors (Lipinski definition) is 1. The first-order valence-electron chi connectivity index (χ1n) is 8.40. The molecule has 1 saturated heterocycles. The van der Waals surface area contributed by atoms with Gasteiger partial charge in [-0.05, 0) is 24.5 Å². The van der Waals surface area contributed by atoms with E-state index in [1.807, 2.05) is 29.6 Å². The average molecular weight is 454 g/mol. The number of alkyl halides is 1. The van der Waals surface area contributed by atoms with Gasteiger partial charge in [0.25, 0.3) is 0 Å². The third kappa shape index (κ3) is 2.44. The molecule has 134 valence electrons. The molecule has 2 bridgehead atoms. The van der Waals surface area contributed by atoms with Crippen LogP contribution in [0.15, 0.2) is 29.6 Å². The van der Waals surface area contributed by atoms with E-state index in [1.165, 1.54) is 11.3 Å². The molecular weight excluding hydrogens is 440 g/mol. The summed E-state index contributed by atoms with van der Waals surface area (Å²) >= 11 is 10.9. The van der Waals surface area contributed by atoms with E-state index in [0.29, 0.717) is 10.2 Å². The van der Waals surface area contributed by atoms with E-state index in [-0.39, 0.29) is 46.5 Å². The Labute approximate surface area is 167 Å². The van der Waals surface area contributed by atoms with Crippen molar-refractivity contribution < 1.29 is 14.3 Å². The van der Waals surface area contributed by atoms with Gasteiger partial charge in [0, 0.05) is 21.9 Å². The fourth-order valence-corrected chi connectivity index (χ4v) is 6.50. The normalized spacial score (nSPS) is 34.2. The predicted octanol–water partition coefficient (Wildman–Crippen LogP) is 3.97. The Kier molecular flexibility index (Phi) is 3.88. The van der Waals surface area contributed by atoms with Gasteiger partial charge in [-0.2, -0.15) is 0 Å². The molecule has 2 aliphatic carbocycles. The first kappa shape index (κ1) is 16.7. The smallest absolute Gasteiger partial charge is 0.310 e. The number of thiazole rings is 1. The van der Waals surface area contributed by atoms with Crippen molar-refractivity contribution in [2.24, 2.45) is 23.7 Å². The molecule has 0 radical (unpaired) electrons. The fraction of sp³-hybridized carbons (Fsp3) is 0.389. The van der Waals surface area contributed by atoms with Crippen molar-refractivity contribution >= 4 is 55.9 Å². The third-order valence-corrected chi connectivity index (χ3v) is 7.91. The van der Waals surface area contributed by atoms with E-state index in [4.69, 9.17) is 16.3 Å². The van der Waals surface area contributed by atoms with Crippen LogP contribution in [0.4, 0.5) is 5.13 Å². The number of benzene rings is 1. The highest BCUT2D eigenvalue weighted by Crippen LogP contribution is 2.60. The van der Waals surface area contributed by atoms with E-state index in [2.05, 4.69) is 26.2 Å². The Bertz CT molecular complexity index is 902. The summed E-state index contributed by atoms with van der Waals surface area (Å²) in [5, 5.41) is 6.01. The van der Waals surface area contributed by atoms with E-state index in [1.54, 1.807) is 0 Å². The highest BCUT2D eigenvalue weighted by Gasteiger charge is 2.67. The van der Waals surface area contributed by atoms with Gasteiger partial charge in [-0.3, -0.25) is 9.59 Å². The van der Waals surface area contributed by atoms with Crippen molar-refractivity contribution in [2.45, 2.75) is 17.4 Å². The van der Waals surface area contributed by atoms with Crippen LogP contribution in [0.3, 0.4) is 0 Å². The lowest BCUT2D eigenvalue weighted by Gasteiger charge is -2.27. The maximum atomic E-state index is 12.9. The average Bonchev–Trinajstić information content (AvgIpc) is 3.34. The molecule has 26 heavy (non-hydrogen) atoms. The Balaban J connectivity index is 1.35. The molecule has 1 N–H and O–H groups in total. The monoisotopic (exact) mass is 452 g/mol. The van der Waals surface area contributed by atoms with E-state index >= 15 is 0 Å². The number of halogens is 2. The van der Waals surface area contributed by atoms with Crippen molar-refractivity contribution in [3.8, 4) is 11.3 Å². The molecule has 5 nitrogen and oxygen atoms in total. The van der Waals surface area contributed by atoms with Crippen LogP contribution < -0.4 is 5.32 Å². The first-order chi connectivity index (χ1) is 12.5. The van der Waals surface area contributed by atoms with Gasteiger partial charge in [-0.1, -0.05) is 39.7 Å². The molecule has 0 spiro atoms. The van der Waals surface area contributed by atoms with Gasteiger partial charge < -0.3 is 10.1 Å². The largest absolute Gasteiger partial charge is 0.461 e. The van der Waals surface area contributed by atoms with Crippen molar-refractivity contribution in [1.82, 2.24) is 4.98 Å². The quantitative estimate of drug-likeness (QED) is 0.564. The van der Waals surface area contributed by atoms with Crippen LogP contribution in [-0.4, -0.2) is 27.8 Å². The Morgan fingerprint density at radius 2 is 2.08 bits per heavy atom. The summed E-state index contributed by atoms with van der Waals surface area (Å²) in [6, 6.07) is 7.40. The number of carbonyl (C=O) groups excluding carboxylic acids is 2. The van der Waals surface area contributed by atoms with Gasteiger partial charge in [0.05, 0.1) is 22.4 Å². The fourth-order valence-electron chi connectivity index (χ4n) is 4.60. The zero-order valence-corrected chi connectivity index (χ0v) is 16.6. The molecular formula is C18H14BrClN2O3S. The summed E-state index contributed by atoms with van der Waals surface area (Å²) in [7, 11) is 0. The number of carbonyl (C=O) groups is 2. The van der Waals surface area contributed by atoms with Crippen molar-refractivity contribution in [1.29, 1.82) is 0 Å². The molecule has 1 aromatic carbocycles. The zero-order chi connectivity index (χ0) is 18.0. The van der Waals surface area contributed by atoms with Gasteiger partial charge in [0.1, 0.15) is 6.10 Å². The topological polar surface area (TPSA) is 68.3 Å². The maximum absolute atomic E-state index is 12.9. The second-order valence-electron chi connectivity index (χ2n) is 6.99. The summed E-state index contributed by atoms with van der Waals surface area (Å²) < 4.78 is 5.46. The van der Waals surface area contributed by atoms with Crippen LogP contribution in [0.25, 0.3) is 11.3 Å². The number of ether oxygens (including phenoxy) is 1. The number of anilines is 1. The van der Waals surface area contributed by atoms with E-state index < -0.39 is 0 Å². The molecule has 2 saturated carbocycles. The number of fused-ring (bicyclic) bond motifs is 1. The minimum atomic E-state index is -0.349. The molecule has 3 aliphatic rings. The summed E-state index contributed by atoms with van der Waals surface area (Å²) in [5.41, 5.74) is 1.72. The van der Waals surface area contributed by atoms with Crippen molar-refractivity contribution in [3.63, 3.8) is 0 Å². The Morgan fingerprint density at radius 3 is 2.85 bits per heavy atom. The number of esters is 1. The third-order valence-electron chi connectivity index (χ3n) is 5.70. The lowest BCUT2D eigenvalue weighted by atomic mass is 9.79. The first-order valence-corrected chi connectivity index (χ1v) is 10.6. The van der Waals surface area contributed by atoms with Crippen LogP contribution in [0.2, 0.25) is 5.02 Å². The molecule has 5 rings (SSSR count). The second kappa shape index (κ2) is 6.04. The molecule has 2 aromatic rings. The number of hydrogen-bond acceptors (Lipinski definition) is 5. The van der Waals surface area contributed by atoms with Gasteiger partial charge in [-0.15, -0.1) is 11.3 Å². The van der Waals surface area contributed by atoms with E-state index in [0.717, 1.165) is 17.7 Å². The van der Waals surface area contributed by atoms with Crippen molar-refractivity contribution in [3.05, 3.63) is 34.7 Å². The lowest BCUT2D eigenvalue weighted by Crippen LogP contribution is -2.40. The Morgan fingerprint density at radius 1 is 1.31 bits per heavy atom. The van der Waals surface area contributed by atoms with Crippen molar-refractivity contribution in [2.75, 3.05) is 5.32 Å². The van der Waals surface area contributed by atoms with E-state index in [9.17, 15) is 9.59 Å². The predicted molar refractivity (Wildman–Crippen MR) is 102 cm³/mol. The molecule has 1 amide bonds. The molecule has 3 fully saturated rings. The molecule has 6 atom stereocenters. The van der Waals surface area contributed by atoms with Gasteiger partial charge >= 0.3 is 5.97 Å². The number of nitrogens with zero attached hydrogens (tertiary/aromatic N) is 1. The summed E-state index contributed by atoms with van der Waals surface area (Å²) in [6.07, 6.45) is 0.793. The molecule has 0 unspecified atom stereocenters. The Hall–Kier alpha value is -1.44. The van der Waals surface area contributed by atoms with Crippen LogP contribution in [-0.2, 0) is 14.3 Å². The lowest BCUT2D eigenvalue weighted by molar-refractivity contribution is -0.145. The zero-order valence-electron chi connectivity index (χ0n) is 13.4. The second-order valence-corrected chi connectivity index (χ2v) is 9.35. The minimum Gasteiger partial charge on any atom is -0.461 e. The van der Waals surface area contributed by atoms with Crippen LogP contribution in [0.1, 0.15) is 6.42 Å². The van der Waals surface area contributed by atoms with Gasteiger partial charge in [0.2, 0.25) is 5.91 Å². The number of aromatic nitrogens is 1. The number of amides is 1. The van der Waals surface area contributed by atoms with Gasteiger partial charge in [-0.25, -0.2) is 4.98 Å². The SMILES string of the molecule is O=C(Nc1nc(-c2ccc(Cl)cc2)cs1)[C@@H]1[C@H]2C[C@H]3[C@H](OC(=O)[C@@H]31)[C@@H]2Br. The van der Waals surface area contributed by atoms with Crippen LogP contribution in [0, 0.1) is 23.7 Å². The van der Waals surface area contributed by atoms with Crippen LogP contribution in [0.5, 0.6) is 0 Å². The highest BCUT2D eigenvalue weighted by atomic mass is 79.9. The number of rotatable bonds is 3. The minimum absolute atomic E-state index is 0.0619. The summed E-state index contributed by atoms with van der Waals surface area (Å²) in [4.78, 5) is 29.6. The van der Waals surface area contributed by atoms with Crippen LogP contribution >= 0.6 is 38.9 Å². The summed E-state index contributed by atoms with van der Waals surface area (Å²) in [5.74, 6) is -0.731.